The van der Waals surface area contributed by atoms with E-state index in [0.29, 0.717) is 30.1 Å². The molecule has 3 aromatic heterocycles. The number of β-amino-alcohol motifs (C(OH)–C–C–N with tert-alkyl or cyclic N) is 2. The van der Waals surface area contributed by atoms with Crippen LogP contribution in [-0.2, 0) is 4.79 Å². The number of aliphatic hydroxyl groups is 2. The van der Waals surface area contributed by atoms with Crippen LogP contribution >= 0.6 is 11.8 Å². The van der Waals surface area contributed by atoms with Crippen LogP contribution in [0.15, 0.2) is 35.4 Å². The van der Waals surface area contributed by atoms with Crippen LogP contribution in [0.5, 0.6) is 5.88 Å². The number of likely N-dealkylation sites (N-methyl/N-ethyl adjacent to an activating group) is 1. The lowest BCUT2D eigenvalue weighted by atomic mass is 9.98. The predicted octanol–water partition coefficient (Wildman–Crippen LogP) is 1.46. The molecule has 2 aliphatic heterocycles. The number of nitrogens with one attached hydrogen (secondary N) is 1. The number of rotatable bonds is 6. The molecule has 2 amide bonds. The number of fused-ring (bicyclic) bond motifs is 2. The molecule has 5 rings (SSSR count). The standard InChI is InChI=1S/C25H27FN6O5S/c1-31(25(36)15-3-5-19-24(28-15)29-20(35)12-38-19)16-7-8-32(10-17(16)33)11-18(34)22-13(26)9-27-14-4-6-21(37-2)30-23(14)22/h3-6,9,16-18,33-34H,7-8,10-12H2,1-2H3,(H,28,29,35)/t16-,17+,18+/m1/s1. The first kappa shape index (κ1) is 26.2. The van der Waals surface area contributed by atoms with Crippen molar-refractivity contribution in [3.63, 3.8) is 0 Å². The molecule has 1 saturated heterocycles. The molecule has 0 bridgehead atoms. The number of methoxy groups -OCH3 is 1. The number of likely N-dealkylation sites (tertiary alicyclic amines) is 1. The molecular formula is C25H27FN6O5S. The second-order valence-corrected chi connectivity index (χ2v) is 10.3. The van der Waals surface area contributed by atoms with Gasteiger partial charge in [0, 0.05) is 38.3 Å². The molecule has 0 aliphatic carbocycles. The minimum atomic E-state index is -1.23. The van der Waals surface area contributed by atoms with Gasteiger partial charge in [-0.25, -0.2) is 14.4 Å². The number of hydrogen-bond donors (Lipinski definition) is 3. The second kappa shape index (κ2) is 10.8. The van der Waals surface area contributed by atoms with Crippen molar-refractivity contribution in [2.45, 2.75) is 29.6 Å². The third-order valence-corrected chi connectivity index (χ3v) is 7.84. The summed E-state index contributed by atoms with van der Waals surface area (Å²) >= 11 is 1.36. The molecule has 3 aromatic rings. The average Bonchev–Trinajstić information content (AvgIpc) is 2.91. The highest BCUT2D eigenvalue weighted by molar-refractivity contribution is 8.00. The number of aromatic nitrogens is 3. The molecule has 1 fully saturated rings. The van der Waals surface area contributed by atoms with E-state index in [-0.39, 0.29) is 47.6 Å². The lowest BCUT2D eigenvalue weighted by Gasteiger charge is -2.40. The number of thioether (sulfide) groups is 1. The average molecular weight is 543 g/mol. The van der Waals surface area contributed by atoms with E-state index in [0.717, 1.165) is 11.1 Å². The fourth-order valence-electron chi connectivity index (χ4n) is 4.83. The van der Waals surface area contributed by atoms with Gasteiger partial charge in [0.05, 0.1) is 47.7 Å². The number of piperidine rings is 1. The molecule has 0 radical (unpaired) electrons. The lowest BCUT2D eigenvalue weighted by Crippen LogP contribution is -2.55. The normalized spacial score (nSPS) is 20.5. The molecule has 3 N–H and O–H groups in total. The predicted molar refractivity (Wildman–Crippen MR) is 138 cm³/mol. The first-order valence-corrected chi connectivity index (χ1v) is 13.0. The van der Waals surface area contributed by atoms with Gasteiger partial charge in [-0.2, -0.15) is 0 Å². The van der Waals surface area contributed by atoms with E-state index in [1.807, 2.05) is 4.90 Å². The Hall–Kier alpha value is -3.39. The van der Waals surface area contributed by atoms with Crippen molar-refractivity contribution in [1.29, 1.82) is 0 Å². The van der Waals surface area contributed by atoms with Crippen LogP contribution in [0.2, 0.25) is 0 Å². The molecule has 0 saturated carbocycles. The van der Waals surface area contributed by atoms with Gasteiger partial charge in [-0.05, 0) is 24.6 Å². The smallest absolute Gasteiger partial charge is 0.272 e. The van der Waals surface area contributed by atoms with Crippen LogP contribution in [0.3, 0.4) is 0 Å². The Balaban J connectivity index is 1.26. The Bertz CT molecular complexity index is 1390. The number of aliphatic hydroxyl groups excluding tert-OH is 2. The Labute approximate surface area is 222 Å². The number of ether oxygens (including phenoxy) is 1. The van der Waals surface area contributed by atoms with Crippen molar-refractivity contribution in [3.05, 3.63) is 47.5 Å². The number of pyridine rings is 3. The van der Waals surface area contributed by atoms with Crippen molar-refractivity contribution in [2.75, 3.05) is 44.9 Å². The Morgan fingerprint density at radius 2 is 2.16 bits per heavy atom. The summed E-state index contributed by atoms with van der Waals surface area (Å²) in [6.45, 7) is 0.688. The zero-order valence-electron chi connectivity index (χ0n) is 20.8. The minimum Gasteiger partial charge on any atom is -0.481 e. The summed E-state index contributed by atoms with van der Waals surface area (Å²) in [6, 6.07) is 6.12. The van der Waals surface area contributed by atoms with Crippen LogP contribution in [0.25, 0.3) is 11.0 Å². The van der Waals surface area contributed by atoms with Gasteiger partial charge < -0.3 is 25.2 Å². The van der Waals surface area contributed by atoms with E-state index < -0.39 is 24.1 Å². The number of nitrogens with zero attached hydrogens (tertiary/aromatic N) is 5. The largest absolute Gasteiger partial charge is 0.481 e. The molecule has 200 valence electrons. The van der Waals surface area contributed by atoms with Crippen molar-refractivity contribution in [2.24, 2.45) is 0 Å². The van der Waals surface area contributed by atoms with Gasteiger partial charge in [0.2, 0.25) is 11.8 Å². The van der Waals surface area contributed by atoms with Crippen LogP contribution in [0.1, 0.15) is 28.6 Å². The number of anilines is 1. The van der Waals surface area contributed by atoms with Gasteiger partial charge in [0.15, 0.2) is 0 Å². The van der Waals surface area contributed by atoms with Crippen LogP contribution in [-0.4, -0.2) is 98.5 Å². The highest BCUT2D eigenvalue weighted by Gasteiger charge is 2.35. The van der Waals surface area contributed by atoms with Crippen molar-refractivity contribution in [3.8, 4) is 5.88 Å². The van der Waals surface area contributed by atoms with Crippen LogP contribution in [0, 0.1) is 5.82 Å². The number of carbonyl (C=O) groups excluding carboxylic acids is 2. The van der Waals surface area contributed by atoms with Gasteiger partial charge >= 0.3 is 0 Å². The van der Waals surface area contributed by atoms with Crippen LogP contribution < -0.4 is 10.1 Å². The molecule has 2 aliphatic rings. The van der Waals surface area contributed by atoms with E-state index in [1.54, 1.807) is 31.3 Å². The third kappa shape index (κ3) is 5.14. The molecule has 0 unspecified atom stereocenters. The maximum absolute atomic E-state index is 14.7. The Kier molecular flexibility index (Phi) is 7.43. The van der Waals surface area contributed by atoms with Crippen molar-refractivity contribution < 1.29 is 28.9 Å². The van der Waals surface area contributed by atoms with E-state index in [9.17, 15) is 24.2 Å². The van der Waals surface area contributed by atoms with Crippen molar-refractivity contribution >= 4 is 40.4 Å². The number of amides is 2. The fourth-order valence-corrected chi connectivity index (χ4v) is 5.58. The van der Waals surface area contributed by atoms with Gasteiger partial charge in [-0.15, -0.1) is 11.8 Å². The van der Waals surface area contributed by atoms with Gasteiger partial charge in [0.25, 0.3) is 5.91 Å². The molecule has 13 heteroatoms. The quantitative estimate of drug-likeness (QED) is 0.419. The first-order chi connectivity index (χ1) is 18.2. The second-order valence-electron chi connectivity index (χ2n) is 9.24. The first-order valence-electron chi connectivity index (χ1n) is 12.0. The highest BCUT2D eigenvalue weighted by Crippen LogP contribution is 2.31. The summed E-state index contributed by atoms with van der Waals surface area (Å²) in [6.07, 6.45) is -0.652. The number of hydrogen-bond acceptors (Lipinski definition) is 10. The topological polar surface area (TPSA) is 141 Å². The summed E-state index contributed by atoms with van der Waals surface area (Å²) in [4.78, 5) is 41.5. The van der Waals surface area contributed by atoms with E-state index in [4.69, 9.17) is 4.74 Å². The molecule has 0 spiro atoms. The minimum absolute atomic E-state index is 0.0153. The van der Waals surface area contributed by atoms with E-state index >= 15 is 0 Å². The SMILES string of the molecule is COc1ccc2ncc(F)c([C@@H](O)CN3CC[C@@H](N(C)C(=O)c4ccc5c(n4)NC(=O)CS5)[C@@H](O)C3)c2n1. The molecular weight excluding hydrogens is 515 g/mol. The van der Waals surface area contributed by atoms with Gasteiger partial charge in [0.1, 0.15) is 22.8 Å². The zero-order chi connectivity index (χ0) is 27.0. The summed E-state index contributed by atoms with van der Waals surface area (Å²) in [7, 11) is 3.05. The summed E-state index contributed by atoms with van der Waals surface area (Å²) < 4.78 is 19.9. The van der Waals surface area contributed by atoms with E-state index in [2.05, 4.69) is 20.3 Å². The van der Waals surface area contributed by atoms with Crippen molar-refractivity contribution in [1.82, 2.24) is 24.8 Å². The Morgan fingerprint density at radius 3 is 2.92 bits per heavy atom. The maximum Gasteiger partial charge on any atom is 0.272 e. The molecule has 5 heterocycles. The zero-order valence-corrected chi connectivity index (χ0v) is 21.6. The molecule has 11 nitrogen and oxygen atoms in total. The number of halogens is 1. The van der Waals surface area contributed by atoms with E-state index in [1.165, 1.54) is 23.8 Å². The monoisotopic (exact) mass is 542 g/mol. The summed E-state index contributed by atoms with van der Waals surface area (Å²) in [5.41, 5.74) is 0.822. The summed E-state index contributed by atoms with van der Waals surface area (Å²) in [5.74, 6) is -0.294. The Morgan fingerprint density at radius 1 is 1.34 bits per heavy atom. The number of carbonyl (C=O) groups is 2. The molecule has 3 atom stereocenters. The van der Waals surface area contributed by atoms with Gasteiger partial charge in [-0.3, -0.25) is 19.5 Å². The fraction of sp³-hybridized carbons (Fsp3) is 0.400. The van der Waals surface area contributed by atoms with Gasteiger partial charge in [-0.1, -0.05) is 0 Å². The third-order valence-electron chi connectivity index (χ3n) is 6.79. The molecule has 38 heavy (non-hydrogen) atoms. The molecule has 0 aromatic carbocycles. The lowest BCUT2D eigenvalue weighted by molar-refractivity contribution is -0.113. The maximum atomic E-state index is 14.7. The summed E-state index contributed by atoms with van der Waals surface area (Å²) in [5, 5.41) is 24.5. The highest BCUT2D eigenvalue weighted by atomic mass is 32.2. The van der Waals surface area contributed by atoms with Crippen LogP contribution in [0.4, 0.5) is 10.2 Å².